The van der Waals surface area contributed by atoms with E-state index in [1.54, 1.807) is 24.4 Å². The number of carbonyl (C=O) groups is 1. The number of allylic oxidation sites excluding steroid dienone is 1. The molecule has 0 aliphatic carbocycles. The highest BCUT2D eigenvalue weighted by atomic mass is 35.5. The van der Waals surface area contributed by atoms with Crippen molar-refractivity contribution in [3.63, 3.8) is 0 Å². The van der Waals surface area contributed by atoms with Crippen molar-refractivity contribution >= 4 is 41.4 Å². The van der Waals surface area contributed by atoms with E-state index in [9.17, 15) is 4.79 Å². The number of benzene rings is 2. The fourth-order valence-corrected chi connectivity index (χ4v) is 2.58. The lowest BCUT2D eigenvalue weighted by Crippen LogP contribution is -2.18. The van der Waals surface area contributed by atoms with Crippen LogP contribution in [-0.4, -0.2) is 18.7 Å². The minimum absolute atomic E-state index is 0.167. The van der Waals surface area contributed by atoms with Crippen LogP contribution < -0.4 is 10.2 Å². The molecule has 0 aliphatic rings. The third kappa shape index (κ3) is 7.30. The molecule has 136 valence electrons. The van der Waals surface area contributed by atoms with Crippen molar-refractivity contribution in [2.75, 3.05) is 6.61 Å². The van der Waals surface area contributed by atoms with Gasteiger partial charge in [-0.1, -0.05) is 59.6 Å². The zero-order chi connectivity index (χ0) is 18.8. The monoisotopic (exact) mass is 390 g/mol. The van der Waals surface area contributed by atoms with E-state index in [-0.39, 0.29) is 5.91 Å². The van der Waals surface area contributed by atoms with Gasteiger partial charge in [0.2, 0.25) is 5.91 Å². The van der Waals surface area contributed by atoms with Gasteiger partial charge in [0, 0.05) is 11.4 Å². The molecule has 2 aromatic carbocycles. The second kappa shape index (κ2) is 10.6. The van der Waals surface area contributed by atoms with Crippen LogP contribution in [0.25, 0.3) is 6.08 Å². The highest BCUT2D eigenvalue weighted by Crippen LogP contribution is 2.27. The smallest absolute Gasteiger partial charge is 0.240 e. The summed E-state index contributed by atoms with van der Waals surface area (Å²) in [4.78, 5) is 11.8. The van der Waals surface area contributed by atoms with Gasteiger partial charge in [0.05, 0.1) is 17.8 Å². The van der Waals surface area contributed by atoms with E-state index in [0.29, 0.717) is 35.2 Å². The lowest BCUT2D eigenvalue weighted by molar-refractivity contribution is -0.121. The van der Waals surface area contributed by atoms with Crippen molar-refractivity contribution in [3.05, 3.63) is 69.7 Å². The van der Waals surface area contributed by atoms with Crippen molar-refractivity contribution in [3.8, 4) is 5.75 Å². The average molecular weight is 391 g/mol. The van der Waals surface area contributed by atoms with Crippen LogP contribution in [0.15, 0.2) is 59.2 Å². The summed E-state index contributed by atoms with van der Waals surface area (Å²) >= 11 is 11.8. The van der Waals surface area contributed by atoms with E-state index in [1.165, 1.54) is 0 Å². The summed E-state index contributed by atoms with van der Waals surface area (Å²) in [5.41, 5.74) is 4.53. The van der Waals surface area contributed by atoms with E-state index in [1.807, 2.05) is 43.3 Å². The molecule has 0 saturated heterocycles. The molecule has 0 aromatic heterocycles. The Morgan fingerprint density at radius 1 is 1.19 bits per heavy atom. The number of hydrazone groups is 1. The second-order valence-electron chi connectivity index (χ2n) is 5.62. The van der Waals surface area contributed by atoms with Crippen molar-refractivity contribution in [1.29, 1.82) is 0 Å². The maximum absolute atomic E-state index is 11.8. The standard InChI is InChI=1S/C20H20Cl2N2O2/c1-15(12-16-6-3-2-4-7-16)14-23-24-20(25)8-5-11-26-19-10-9-17(21)13-18(19)22/h2-4,6-7,9-10,12-14H,5,8,11H2,1H3,(H,24,25). The molecule has 0 unspecified atom stereocenters. The van der Waals surface area contributed by atoms with Crippen molar-refractivity contribution in [2.45, 2.75) is 19.8 Å². The average Bonchev–Trinajstić information content (AvgIpc) is 2.61. The number of hydrogen-bond donors (Lipinski definition) is 1. The summed E-state index contributed by atoms with van der Waals surface area (Å²) < 4.78 is 5.53. The Morgan fingerprint density at radius 3 is 2.69 bits per heavy atom. The van der Waals surface area contributed by atoms with Gasteiger partial charge in [-0.3, -0.25) is 4.79 Å². The molecule has 0 bridgehead atoms. The van der Waals surface area contributed by atoms with Crippen LogP contribution in [0.1, 0.15) is 25.3 Å². The van der Waals surface area contributed by atoms with Gasteiger partial charge in [-0.25, -0.2) is 5.43 Å². The molecule has 0 heterocycles. The topological polar surface area (TPSA) is 50.7 Å². The number of ether oxygens (including phenoxy) is 1. The minimum atomic E-state index is -0.167. The van der Waals surface area contributed by atoms with Crippen LogP contribution in [0.5, 0.6) is 5.75 Å². The predicted octanol–water partition coefficient (Wildman–Crippen LogP) is 5.36. The molecule has 2 rings (SSSR count). The van der Waals surface area contributed by atoms with Crippen LogP contribution in [0.2, 0.25) is 10.0 Å². The lowest BCUT2D eigenvalue weighted by atomic mass is 10.1. The van der Waals surface area contributed by atoms with Gasteiger partial charge in [-0.2, -0.15) is 5.10 Å². The number of amides is 1. The number of hydrogen-bond acceptors (Lipinski definition) is 3. The molecule has 6 heteroatoms. The quantitative estimate of drug-likeness (QED) is 0.374. The Labute approximate surface area is 163 Å². The van der Waals surface area contributed by atoms with Crippen LogP contribution in [0, 0.1) is 0 Å². The molecular formula is C20H20Cl2N2O2. The number of carbonyl (C=O) groups excluding carboxylic acids is 1. The van der Waals surface area contributed by atoms with Gasteiger partial charge >= 0.3 is 0 Å². The summed E-state index contributed by atoms with van der Waals surface area (Å²) in [6.45, 7) is 2.30. The molecule has 2 aromatic rings. The van der Waals surface area contributed by atoms with Crippen LogP contribution >= 0.6 is 23.2 Å². The van der Waals surface area contributed by atoms with Crippen LogP contribution in [0.4, 0.5) is 0 Å². The Bertz CT molecular complexity index is 790. The minimum Gasteiger partial charge on any atom is -0.492 e. The highest BCUT2D eigenvalue weighted by molar-refractivity contribution is 6.35. The maximum atomic E-state index is 11.8. The number of rotatable bonds is 8. The van der Waals surface area contributed by atoms with Crippen molar-refractivity contribution in [2.24, 2.45) is 5.10 Å². The van der Waals surface area contributed by atoms with Crippen LogP contribution in [-0.2, 0) is 4.79 Å². The van der Waals surface area contributed by atoms with E-state index < -0.39 is 0 Å². The largest absolute Gasteiger partial charge is 0.492 e. The molecule has 0 spiro atoms. The molecule has 0 atom stereocenters. The molecule has 0 fully saturated rings. The Morgan fingerprint density at radius 2 is 1.96 bits per heavy atom. The lowest BCUT2D eigenvalue weighted by Gasteiger charge is -2.07. The first-order valence-electron chi connectivity index (χ1n) is 8.17. The Kier molecular flexibility index (Phi) is 8.19. The molecule has 26 heavy (non-hydrogen) atoms. The summed E-state index contributed by atoms with van der Waals surface area (Å²) in [5.74, 6) is 0.385. The molecule has 0 aliphatic heterocycles. The first-order valence-corrected chi connectivity index (χ1v) is 8.93. The second-order valence-corrected chi connectivity index (χ2v) is 6.46. The normalized spacial score (nSPS) is 11.6. The SMILES string of the molecule is CC(C=NNC(=O)CCCOc1ccc(Cl)cc1Cl)=Cc1ccccc1. The summed E-state index contributed by atoms with van der Waals surface area (Å²) in [6.07, 6.45) is 4.47. The fraction of sp³-hybridized carbons (Fsp3) is 0.200. The molecule has 0 saturated carbocycles. The van der Waals surface area contributed by atoms with E-state index in [2.05, 4.69) is 10.5 Å². The van der Waals surface area contributed by atoms with Crippen molar-refractivity contribution in [1.82, 2.24) is 5.43 Å². The molecule has 0 radical (unpaired) electrons. The van der Waals surface area contributed by atoms with Gasteiger partial charge in [-0.15, -0.1) is 0 Å². The third-order valence-corrected chi connectivity index (χ3v) is 3.88. The zero-order valence-corrected chi connectivity index (χ0v) is 15.9. The first kappa shape index (κ1) is 20.0. The van der Waals surface area contributed by atoms with Gasteiger partial charge in [0.25, 0.3) is 0 Å². The van der Waals surface area contributed by atoms with E-state index in [4.69, 9.17) is 27.9 Å². The molecular weight excluding hydrogens is 371 g/mol. The fourth-order valence-electron chi connectivity index (χ4n) is 2.12. The van der Waals surface area contributed by atoms with Crippen molar-refractivity contribution < 1.29 is 9.53 Å². The maximum Gasteiger partial charge on any atom is 0.240 e. The molecule has 1 amide bonds. The van der Waals surface area contributed by atoms with Gasteiger partial charge < -0.3 is 4.74 Å². The number of halogens is 2. The zero-order valence-electron chi connectivity index (χ0n) is 14.4. The number of nitrogens with one attached hydrogen (secondary N) is 1. The Balaban J connectivity index is 1.68. The van der Waals surface area contributed by atoms with Gasteiger partial charge in [0.15, 0.2) is 0 Å². The first-order chi connectivity index (χ1) is 12.5. The predicted molar refractivity (Wildman–Crippen MR) is 108 cm³/mol. The van der Waals surface area contributed by atoms with Gasteiger partial charge in [-0.05, 0) is 42.7 Å². The third-order valence-electron chi connectivity index (χ3n) is 3.35. The summed E-state index contributed by atoms with van der Waals surface area (Å²) in [5, 5.41) is 4.96. The van der Waals surface area contributed by atoms with Crippen LogP contribution in [0.3, 0.4) is 0 Å². The summed E-state index contributed by atoms with van der Waals surface area (Å²) in [7, 11) is 0. The Hall–Kier alpha value is -2.30. The summed E-state index contributed by atoms with van der Waals surface area (Å²) in [6, 6.07) is 14.9. The highest BCUT2D eigenvalue weighted by Gasteiger charge is 2.04. The molecule has 4 nitrogen and oxygen atoms in total. The van der Waals surface area contributed by atoms with Gasteiger partial charge in [0.1, 0.15) is 5.75 Å². The number of nitrogens with zero attached hydrogens (tertiary/aromatic N) is 1. The van der Waals surface area contributed by atoms with E-state index in [0.717, 1.165) is 11.1 Å². The van der Waals surface area contributed by atoms with E-state index >= 15 is 0 Å². The molecule has 1 N–H and O–H groups in total.